The quantitative estimate of drug-likeness (QED) is 0.549. The van der Waals surface area contributed by atoms with E-state index in [2.05, 4.69) is 20.6 Å². The first kappa shape index (κ1) is 19.4. The molecule has 4 rings (SSSR count). The summed E-state index contributed by atoms with van der Waals surface area (Å²) in [5.41, 5.74) is 2.80. The Labute approximate surface area is 171 Å². The molecule has 0 unspecified atom stereocenters. The Kier molecular flexibility index (Phi) is 5.09. The third-order valence-corrected chi connectivity index (χ3v) is 4.75. The van der Waals surface area contributed by atoms with Crippen LogP contribution in [0.25, 0.3) is 11.2 Å². The molecule has 8 nitrogen and oxygen atoms in total. The van der Waals surface area contributed by atoms with Gasteiger partial charge in [-0.15, -0.1) is 5.10 Å². The summed E-state index contributed by atoms with van der Waals surface area (Å²) in [4.78, 5) is 29.4. The highest BCUT2D eigenvalue weighted by Crippen LogP contribution is 2.16. The van der Waals surface area contributed by atoms with Crippen molar-refractivity contribution in [3.63, 3.8) is 0 Å². The fourth-order valence-corrected chi connectivity index (χ4v) is 3.11. The largest absolute Gasteiger partial charge is 0.324 e. The average Bonchev–Trinajstić information content (AvgIpc) is 3.12. The maximum Gasteiger partial charge on any atom is 0.283 e. The SMILES string of the molecule is Cc1ccc(C)c(NC(=O)Cn2cnc3c(nnn3Cc3ccccc3F)c2=O)c1. The van der Waals surface area contributed by atoms with Gasteiger partial charge in [0.05, 0.1) is 6.54 Å². The summed E-state index contributed by atoms with van der Waals surface area (Å²) in [5, 5.41) is 10.6. The number of amides is 1. The van der Waals surface area contributed by atoms with Crippen LogP contribution < -0.4 is 10.9 Å². The minimum Gasteiger partial charge on any atom is -0.324 e. The number of anilines is 1. The van der Waals surface area contributed by atoms with Crippen LogP contribution in [0.2, 0.25) is 0 Å². The van der Waals surface area contributed by atoms with E-state index in [0.29, 0.717) is 11.3 Å². The van der Waals surface area contributed by atoms with Crippen LogP contribution in [0.5, 0.6) is 0 Å². The number of halogens is 1. The zero-order chi connectivity index (χ0) is 21.3. The molecule has 0 spiro atoms. The van der Waals surface area contributed by atoms with Crippen LogP contribution in [0.1, 0.15) is 16.7 Å². The van der Waals surface area contributed by atoms with Crippen LogP contribution in [-0.2, 0) is 17.9 Å². The van der Waals surface area contributed by atoms with Crippen molar-refractivity contribution in [2.24, 2.45) is 0 Å². The van der Waals surface area contributed by atoms with Crippen LogP contribution in [0.3, 0.4) is 0 Å². The van der Waals surface area contributed by atoms with E-state index in [0.717, 1.165) is 11.1 Å². The predicted octanol–water partition coefficient (Wildman–Crippen LogP) is 2.43. The molecule has 2 aromatic carbocycles. The lowest BCUT2D eigenvalue weighted by Crippen LogP contribution is -2.28. The number of aryl methyl sites for hydroxylation is 2. The number of hydrogen-bond acceptors (Lipinski definition) is 5. The van der Waals surface area contributed by atoms with E-state index >= 15 is 0 Å². The Bertz CT molecular complexity index is 1310. The number of carbonyl (C=O) groups is 1. The second-order valence-corrected chi connectivity index (χ2v) is 7.05. The maximum absolute atomic E-state index is 13.9. The van der Waals surface area contributed by atoms with Gasteiger partial charge >= 0.3 is 0 Å². The zero-order valence-electron chi connectivity index (χ0n) is 16.5. The van der Waals surface area contributed by atoms with Crippen LogP contribution in [0.15, 0.2) is 53.6 Å². The van der Waals surface area contributed by atoms with Crippen molar-refractivity contribution in [1.29, 1.82) is 0 Å². The van der Waals surface area contributed by atoms with Crippen molar-refractivity contribution in [2.75, 3.05) is 5.32 Å². The number of nitrogens with zero attached hydrogens (tertiary/aromatic N) is 5. The molecule has 9 heteroatoms. The van der Waals surface area contributed by atoms with Crippen LogP contribution >= 0.6 is 0 Å². The van der Waals surface area contributed by atoms with Gasteiger partial charge in [-0.1, -0.05) is 35.5 Å². The maximum atomic E-state index is 13.9. The second kappa shape index (κ2) is 7.86. The van der Waals surface area contributed by atoms with E-state index in [-0.39, 0.29) is 36.0 Å². The molecular weight excluding hydrogens is 387 g/mol. The summed E-state index contributed by atoms with van der Waals surface area (Å²) in [5.74, 6) is -0.733. The van der Waals surface area contributed by atoms with Gasteiger partial charge in [0.25, 0.3) is 5.56 Å². The van der Waals surface area contributed by atoms with E-state index in [1.54, 1.807) is 18.2 Å². The van der Waals surface area contributed by atoms with Crippen molar-refractivity contribution in [3.05, 3.63) is 81.7 Å². The van der Waals surface area contributed by atoms with Crippen molar-refractivity contribution in [2.45, 2.75) is 26.9 Å². The molecule has 0 aliphatic rings. The molecule has 1 N–H and O–H groups in total. The standard InChI is InChI=1S/C21H19FN6O2/c1-13-7-8-14(2)17(9-13)24-18(29)11-27-12-23-20-19(21(27)30)25-26-28(20)10-15-5-3-4-6-16(15)22/h3-9,12H,10-11H2,1-2H3,(H,24,29). The number of benzene rings is 2. The van der Waals surface area contributed by atoms with Gasteiger partial charge in [-0.3, -0.25) is 14.2 Å². The first-order valence-corrected chi connectivity index (χ1v) is 9.31. The molecule has 152 valence electrons. The van der Waals surface area contributed by atoms with Gasteiger partial charge in [0.1, 0.15) is 18.7 Å². The summed E-state index contributed by atoms with van der Waals surface area (Å²) in [6, 6.07) is 12.0. The Balaban J connectivity index is 1.57. The van der Waals surface area contributed by atoms with Crippen LogP contribution in [0, 0.1) is 19.7 Å². The number of carbonyl (C=O) groups excluding carboxylic acids is 1. The fraction of sp³-hybridized carbons (Fsp3) is 0.190. The fourth-order valence-electron chi connectivity index (χ4n) is 3.11. The Morgan fingerprint density at radius 3 is 2.77 bits per heavy atom. The highest BCUT2D eigenvalue weighted by atomic mass is 19.1. The number of fused-ring (bicyclic) bond motifs is 1. The van der Waals surface area contributed by atoms with Gasteiger partial charge in [0.15, 0.2) is 11.2 Å². The van der Waals surface area contributed by atoms with Gasteiger partial charge in [-0.2, -0.15) is 0 Å². The molecule has 2 aromatic heterocycles. The number of aromatic nitrogens is 5. The summed E-state index contributed by atoms with van der Waals surface area (Å²) < 4.78 is 16.4. The normalized spacial score (nSPS) is 11.0. The molecule has 1 amide bonds. The summed E-state index contributed by atoms with van der Waals surface area (Å²) >= 11 is 0. The van der Waals surface area contributed by atoms with Crippen molar-refractivity contribution >= 4 is 22.8 Å². The number of nitrogens with one attached hydrogen (secondary N) is 1. The van der Waals surface area contributed by atoms with Gasteiger partial charge < -0.3 is 5.32 Å². The van der Waals surface area contributed by atoms with Gasteiger partial charge in [0, 0.05) is 11.3 Å². The molecule has 0 aliphatic heterocycles. The zero-order valence-corrected chi connectivity index (χ0v) is 16.5. The molecule has 0 bridgehead atoms. The van der Waals surface area contributed by atoms with Crippen LogP contribution in [-0.4, -0.2) is 30.5 Å². The second-order valence-electron chi connectivity index (χ2n) is 7.05. The third-order valence-electron chi connectivity index (χ3n) is 4.75. The highest BCUT2D eigenvalue weighted by Gasteiger charge is 2.15. The minimum absolute atomic E-state index is 0.0216. The van der Waals surface area contributed by atoms with Crippen molar-refractivity contribution in [1.82, 2.24) is 24.5 Å². The molecule has 0 radical (unpaired) electrons. The Morgan fingerprint density at radius 2 is 1.97 bits per heavy atom. The molecule has 0 saturated heterocycles. The van der Waals surface area contributed by atoms with Gasteiger partial charge in [0.2, 0.25) is 5.91 Å². The summed E-state index contributed by atoms with van der Waals surface area (Å²) in [7, 11) is 0. The summed E-state index contributed by atoms with van der Waals surface area (Å²) in [6.07, 6.45) is 1.27. The van der Waals surface area contributed by atoms with E-state index in [1.165, 1.54) is 21.6 Å². The third kappa shape index (κ3) is 3.82. The Hall–Kier alpha value is -3.88. The molecule has 0 saturated carbocycles. The lowest BCUT2D eigenvalue weighted by molar-refractivity contribution is -0.116. The van der Waals surface area contributed by atoms with Crippen LogP contribution in [0.4, 0.5) is 10.1 Å². The number of rotatable bonds is 5. The van der Waals surface area contributed by atoms with E-state index in [4.69, 9.17) is 0 Å². The van der Waals surface area contributed by atoms with E-state index < -0.39 is 5.56 Å². The molecule has 0 atom stereocenters. The smallest absolute Gasteiger partial charge is 0.283 e. The van der Waals surface area contributed by atoms with E-state index in [1.807, 2.05) is 32.0 Å². The van der Waals surface area contributed by atoms with Gasteiger partial charge in [-0.25, -0.2) is 14.1 Å². The lowest BCUT2D eigenvalue weighted by Gasteiger charge is -2.10. The first-order valence-electron chi connectivity index (χ1n) is 9.31. The van der Waals surface area contributed by atoms with Crippen molar-refractivity contribution in [3.8, 4) is 0 Å². The molecular formula is C21H19FN6O2. The number of hydrogen-bond donors (Lipinski definition) is 1. The lowest BCUT2D eigenvalue weighted by atomic mass is 10.1. The molecule has 30 heavy (non-hydrogen) atoms. The monoisotopic (exact) mass is 406 g/mol. The first-order chi connectivity index (χ1) is 14.4. The summed E-state index contributed by atoms with van der Waals surface area (Å²) in [6.45, 7) is 3.70. The molecule has 4 aromatic rings. The van der Waals surface area contributed by atoms with Gasteiger partial charge in [-0.05, 0) is 37.1 Å². The highest BCUT2D eigenvalue weighted by molar-refractivity contribution is 5.91. The molecule has 0 fully saturated rings. The average molecular weight is 406 g/mol. The molecule has 0 aliphatic carbocycles. The molecule has 2 heterocycles. The van der Waals surface area contributed by atoms with E-state index in [9.17, 15) is 14.0 Å². The predicted molar refractivity (Wildman–Crippen MR) is 110 cm³/mol. The topological polar surface area (TPSA) is 94.7 Å². The Morgan fingerprint density at radius 1 is 1.17 bits per heavy atom. The minimum atomic E-state index is -0.490. The van der Waals surface area contributed by atoms with Crippen molar-refractivity contribution < 1.29 is 9.18 Å².